The first-order chi connectivity index (χ1) is 12.5. The average molecular weight is 374 g/mol. The predicted molar refractivity (Wildman–Crippen MR) is 101 cm³/mol. The Morgan fingerprint density at radius 1 is 1.12 bits per heavy atom. The molecule has 2 aromatic rings. The van der Waals surface area contributed by atoms with Crippen LogP contribution in [0.15, 0.2) is 41.4 Å². The molecule has 0 radical (unpaired) electrons. The van der Waals surface area contributed by atoms with E-state index in [0.717, 1.165) is 37.5 Å². The molecule has 140 valence electrons. The summed E-state index contributed by atoms with van der Waals surface area (Å²) in [4.78, 5) is 5.03. The van der Waals surface area contributed by atoms with Gasteiger partial charge in [-0.3, -0.25) is 0 Å². The molecule has 0 amide bonds. The molecule has 1 saturated carbocycles. The second-order valence-electron chi connectivity index (χ2n) is 7.76. The summed E-state index contributed by atoms with van der Waals surface area (Å²) in [6.45, 7) is 4.39. The van der Waals surface area contributed by atoms with Crippen molar-refractivity contribution in [1.82, 2.24) is 13.9 Å². The van der Waals surface area contributed by atoms with Gasteiger partial charge in [0.25, 0.3) is 0 Å². The summed E-state index contributed by atoms with van der Waals surface area (Å²) < 4.78 is 29.8. The smallest absolute Gasteiger partial charge is 0.243 e. The second kappa shape index (κ2) is 7.16. The molecular formula is C20H27N3O2S. The van der Waals surface area contributed by atoms with E-state index < -0.39 is 10.0 Å². The molecular weight excluding hydrogens is 346 g/mol. The van der Waals surface area contributed by atoms with Crippen molar-refractivity contribution in [3.63, 3.8) is 0 Å². The van der Waals surface area contributed by atoms with Crippen LogP contribution in [0.5, 0.6) is 0 Å². The Morgan fingerprint density at radius 3 is 2.62 bits per heavy atom. The Balaban J connectivity index is 1.48. The van der Waals surface area contributed by atoms with Crippen LogP contribution in [0.4, 0.5) is 0 Å². The van der Waals surface area contributed by atoms with Gasteiger partial charge in [-0.2, -0.15) is 4.31 Å². The van der Waals surface area contributed by atoms with Crippen LogP contribution in [-0.2, 0) is 23.0 Å². The van der Waals surface area contributed by atoms with Crippen LogP contribution in [0.3, 0.4) is 0 Å². The number of hydrogen-bond acceptors (Lipinski definition) is 3. The standard InChI is InChI=1S/C20H27N3O2S/c1-16-13-21-20(23(16)15-17-9-10-17)12-18-6-5-11-22(14-18)26(24,25)19-7-3-2-4-8-19/h2-4,7-8,13,17-18H,5-6,9-12,14-15H2,1H3. The van der Waals surface area contributed by atoms with Crippen molar-refractivity contribution in [2.75, 3.05) is 13.1 Å². The molecule has 1 aliphatic carbocycles. The van der Waals surface area contributed by atoms with Gasteiger partial charge in [0.1, 0.15) is 5.82 Å². The Morgan fingerprint density at radius 2 is 1.88 bits per heavy atom. The number of rotatable bonds is 6. The zero-order valence-electron chi connectivity index (χ0n) is 15.3. The summed E-state index contributed by atoms with van der Waals surface area (Å²) in [5.74, 6) is 2.27. The fourth-order valence-electron chi connectivity index (χ4n) is 3.89. The molecule has 1 aliphatic heterocycles. The summed E-state index contributed by atoms with van der Waals surface area (Å²) >= 11 is 0. The van der Waals surface area contributed by atoms with Crippen LogP contribution in [-0.4, -0.2) is 35.4 Å². The summed E-state index contributed by atoms with van der Waals surface area (Å²) in [6, 6.07) is 8.78. The van der Waals surface area contributed by atoms with E-state index in [1.807, 2.05) is 12.3 Å². The van der Waals surface area contributed by atoms with Gasteiger partial charge in [-0.15, -0.1) is 0 Å². The molecule has 26 heavy (non-hydrogen) atoms. The molecule has 0 spiro atoms. The molecule has 2 fully saturated rings. The quantitative estimate of drug-likeness (QED) is 0.781. The lowest BCUT2D eigenvalue weighted by Crippen LogP contribution is -2.40. The third-order valence-corrected chi connectivity index (χ3v) is 7.49. The third-order valence-electron chi connectivity index (χ3n) is 5.61. The number of aryl methyl sites for hydroxylation is 1. The van der Waals surface area contributed by atoms with Crippen molar-refractivity contribution in [2.45, 2.75) is 50.5 Å². The van der Waals surface area contributed by atoms with Crippen LogP contribution < -0.4 is 0 Å². The zero-order chi connectivity index (χ0) is 18.1. The van der Waals surface area contributed by atoms with Gasteiger partial charge in [0, 0.05) is 37.9 Å². The SMILES string of the molecule is Cc1cnc(CC2CCCN(S(=O)(=O)c3ccccc3)C2)n1CC1CC1. The molecule has 1 atom stereocenters. The molecule has 4 rings (SSSR count). The van der Waals surface area contributed by atoms with Gasteiger partial charge in [0.2, 0.25) is 10.0 Å². The van der Waals surface area contributed by atoms with Crippen molar-refractivity contribution >= 4 is 10.0 Å². The van der Waals surface area contributed by atoms with Crippen molar-refractivity contribution < 1.29 is 8.42 Å². The van der Waals surface area contributed by atoms with Crippen molar-refractivity contribution in [1.29, 1.82) is 0 Å². The fourth-order valence-corrected chi connectivity index (χ4v) is 5.47. The van der Waals surface area contributed by atoms with Crippen LogP contribution >= 0.6 is 0 Å². The Kier molecular flexibility index (Phi) is 4.88. The van der Waals surface area contributed by atoms with E-state index >= 15 is 0 Å². The van der Waals surface area contributed by atoms with Crippen molar-refractivity contribution in [3.8, 4) is 0 Å². The molecule has 1 saturated heterocycles. The number of imidazole rings is 1. The van der Waals surface area contributed by atoms with Gasteiger partial charge in [-0.25, -0.2) is 13.4 Å². The normalized spacial score (nSPS) is 21.8. The monoisotopic (exact) mass is 373 g/mol. The average Bonchev–Trinajstić information content (AvgIpc) is 3.42. The number of benzene rings is 1. The minimum absolute atomic E-state index is 0.335. The van der Waals surface area contributed by atoms with Gasteiger partial charge < -0.3 is 4.57 Å². The lowest BCUT2D eigenvalue weighted by atomic mass is 9.96. The maximum atomic E-state index is 12.9. The van der Waals surface area contributed by atoms with Crippen molar-refractivity contribution in [3.05, 3.63) is 48.0 Å². The highest BCUT2D eigenvalue weighted by atomic mass is 32.2. The highest BCUT2D eigenvalue weighted by Crippen LogP contribution is 2.32. The predicted octanol–water partition coefficient (Wildman–Crippen LogP) is 3.24. The maximum absolute atomic E-state index is 12.9. The number of nitrogens with zero attached hydrogens (tertiary/aromatic N) is 3. The van der Waals surface area contributed by atoms with Crippen LogP contribution in [0, 0.1) is 18.8 Å². The molecule has 1 unspecified atom stereocenters. The van der Waals surface area contributed by atoms with E-state index in [1.165, 1.54) is 18.5 Å². The number of sulfonamides is 1. The van der Waals surface area contributed by atoms with E-state index in [4.69, 9.17) is 0 Å². The Hall–Kier alpha value is -1.66. The molecule has 2 aliphatic rings. The number of piperidine rings is 1. The summed E-state index contributed by atoms with van der Waals surface area (Å²) in [5.41, 5.74) is 1.22. The summed E-state index contributed by atoms with van der Waals surface area (Å²) in [7, 11) is -3.40. The van der Waals surface area contributed by atoms with Gasteiger partial charge in [-0.1, -0.05) is 18.2 Å². The molecule has 0 N–H and O–H groups in total. The van der Waals surface area contributed by atoms with E-state index in [0.29, 0.717) is 23.9 Å². The first-order valence-electron chi connectivity index (χ1n) is 9.60. The van der Waals surface area contributed by atoms with Crippen LogP contribution in [0.2, 0.25) is 0 Å². The topological polar surface area (TPSA) is 55.2 Å². The maximum Gasteiger partial charge on any atom is 0.243 e. The molecule has 1 aromatic heterocycles. The third kappa shape index (κ3) is 3.71. The first kappa shape index (κ1) is 17.7. The van der Waals surface area contributed by atoms with Crippen LogP contribution in [0.25, 0.3) is 0 Å². The zero-order valence-corrected chi connectivity index (χ0v) is 16.2. The minimum atomic E-state index is -3.40. The number of aromatic nitrogens is 2. The van der Waals surface area contributed by atoms with E-state index in [2.05, 4.69) is 16.5 Å². The molecule has 6 heteroatoms. The van der Waals surface area contributed by atoms with Gasteiger partial charge >= 0.3 is 0 Å². The Bertz CT molecular complexity index is 856. The lowest BCUT2D eigenvalue weighted by molar-refractivity contribution is 0.261. The molecule has 1 aromatic carbocycles. The highest BCUT2D eigenvalue weighted by Gasteiger charge is 2.31. The fraction of sp³-hybridized carbons (Fsp3) is 0.550. The summed E-state index contributed by atoms with van der Waals surface area (Å²) in [6.07, 6.45) is 7.45. The van der Waals surface area contributed by atoms with Crippen molar-refractivity contribution in [2.24, 2.45) is 11.8 Å². The van der Waals surface area contributed by atoms with Gasteiger partial charge in [-0.05, 0) is 56.6 Å². The first-order valence-corrected chi connectivity index (χ1v) is 11.0. The molecule has 2 heterocycles. The Labute approximate surface area is 156 Å². The summed E-state index contributed by atoms with van der Waals surface area (Å²) in [5, 5.41) is 0. The second-order valence-corrected chi connectivity index (χ2v) is 9.70. The lowest BCUT2D eigenvalue weighted by Gasteiger charge is -2.32. The van der Waals surface area contributed by atoms with Gasteiger partial charge in [0.05, 0.1) is 4.90 Å². The van der Waals surface area contributed by atoms with E-state index in [-0.39, 0.29) is 0 Å². The molecule has 0 bridgehead atoms. The minimum Gasteiger partial charge on any atom is -0.332 e. The highest BCUT2D eigenvalue weighted by molar-refractivity contribution is 7.89. The number of hydrogen-bond donors (Lipinski definition) is 0. The largest absolute Gasteiger partial charge is 0.332 e. The van der Waals surface area contributed by atoms with E-state index in [1.54, 1.807) is 28.6 Å². The van der Waals surface area contributed by atoms with Crippen LogP contribution in [0.1, 0.15) is 37.2 Å². The van der Waals surface area contributed by atoms with E-state index in [9.17, 15) is 8.42 Å². The molecule has 5 nitrogen and oxygen atoms in total. The van der Waals surface area contributed by atoms with Gasteiger partial charge in [0.15, 0.2) is 0 Å².